The maximum absolute atomic E-state index is 12.5. The van der Waals surface area contributed by atoms with Crippen LogP contribution < -0.4 is 0 Å². The smallest absolute Gasteiger partial charge is 0.303 e. The van der Waals surface area contributed by atoms with Gasteiger partial charge in [-0.05, 0) is 36.8 Å². The second-order valence-electron chi connectivity index (χ2n) is 5.66. The molecule has 0 unspecified atom stereocenters. The molecule has 2 heterocycles. The largest absolute Gasteiger partial charge is 0.481 e. The molecule has 1 N–H and O–H groups in total. The van der Waals surface area contributed by atoms with Crippen molar-refractivity contribution in [1.82, 2.24) is 4.90 Å². The summed E-state index contributed by atoms with van der Waals surface area (Å²) >= 11 is 18.5. The lowest BCUT2D eigenvalue weighted by Crippen LogP contribution is -2.29. The van der Waals surface area contributed by atoms with E-state index >= 15 is 0 Å². The number of halogens is 2. The molecular formula is C18H13Cl2NO4S2. The van der Waals surface area contributed by atoms with E-state index in [4.69, 9.17) is 44.9 Å². The SMILES string of the molecule is O=C(O)CCCN1C(=O)C(=Cc2ccc(-c3ccc(Cl)cc3Cl)o2)SC1=S. The Morgan fingerprint density at radius 3 is 2.78 bits per heavy atom. The minimum Gasteiger partial charge on any atom is -0.481 e. The average molecular weight is 442 g/mol. The van der Waals surface area contributed by atoms with Crippen LogP contribution in [-0.4, -0.2) is 32.7 Å². The number of carboxylic acid groups (broad SMARTS) is 1. The Labute approximate surface area is 174 Å². The number of carboxylic acids is 1. The van der Waals surface area contributed by atoms with Crippen LogP contribution in [0.2, 0.25) is 10.0 Å². The summed E-state index contributed by atoms with van der Waals surface area (Å²) in [4.78, 5) is 25.0. The van der Waals surface area contributed by atoms with Gasteiger partial charge in [-0.15, -0.1) is 0 Å². The highest BCUT2D eigenvalue weighted by Gasteiger charge is 2.32. The zero-order valence-electron chi connectivity index (χ0n) is 13.8. The maximum Gasteiger partial charge on any atom is 0.303 e. The molecule has 1 amide bonds. The summed E-state index contributed by atoms with van der Waals surface area (Å²) in [5.41, 5.74) is 0.696. The van der Waals surface area contributed by atoms with E-state index in [9.17, 15) is 9.59 Å². The Morgan fingerprint density at radius 2 is 2.07 bits per heavy atom. The van der Waals surface area contributed by atoms with Crippen LogP contribution in [0.15, 0.2) is 39.7 Å². The maximum atomic E-state index is 12.5. The fourth-order valence-corrected chi connectivity index (χ4v) is 4.27. The zero-order valence-corrected chi connectivity index (χ0v) is 16.9. The van der Waals surface area contributed by atoms with Crippen LogP contribution in [0.5, 0.6) is 0 Å². The number of nitrogens with zero attached hydrogens (tertiary/aromatic N) is 1. The third-order valence-corrected chi connectivity index (χ3v) is 5.67. The van der Waals surface area contributed by atoms with Gasteiger partial charge in [0, 0.05) is 29.6 Å². The standard InChI is InChI=1S/C18H13Cl2NO4S2/c19-10-3-5-12(13(20)8-10)14-6-4-11(25-14)9-15-17(24)21(18(26)27-15)7-1-2-16(22)23/h3-6,8-9H,1-2,7H2,(H,22,23). The van der Waals surface area contributed by atoms with Gasteiger partial charge in [0.25, 0.3) is 5.91 Å². The van der Waals surface area contributed by atoms with E-state index in [-0.39, 0.29) is 18.9 Å². The van der Waals surface area contributed by atoms with Crippen molar-refractivity contribution in [1.29, 1.82) is 0 Å². The van der Waals surface area contributed by atoms with Crippen molar-refractivity contribution >= 4 is 69.5 Å². The molecule has 1 fully saturated rings. The molecule has 3 rings (SSSR count). The van der Waals surface area contributed by atoms with Gasteiger partial charge in [-0.1, -0.05) is 47.2 Å². The summed E-state index contributed by atoms with van der Waals surface area (Å²) in [6.45, 7) is 0.276. The first-order valence-corrected chi connectivity index (χ1v) is 9.85. The van der Waals surface area contributed by atoms with Crippen LogP contribution in [0.1, 0.15) is 18.6 Å². The van der Waals surface area contributed by atoms with E-state index in [1.165, 1.54) is 4.90 Å². The van der Waals surface area contributed by atoms with Gasteiger partial charge in [0.2, 0.25) is 0 Å². The van der Waals surface area contributed by atoms with Gasteiger partial charge in [0.05, 0.1) is 9.93 Å². The second-order valence-corrected chi connectivity index (χ2v) is 8.18. The van der Waals surface area contributed by atoms with Gasteiger partial charge < -0.3 is 9.52 Å². The fourth-order valence-electron chi connectivity index (χ4n) is 2.47. The summed E-state index contributed by atoms with van der Waals surface area (Å²) in [5.74, 6) is -0.111. The lowest BCUT2D eigenvalue weighted by atomic mass is 10.2. The molecule has 0 saturated carbocycles. The molecule has 0 bridgehead atoms. The molecule has 9 heteroatoms. The minimum atomic E-state index is -0.903. The molecule has 0 radical (unpaired) electrons. The third kappa shape index (κ3) is 4.73. The summed E-state index contributed by atoms with van der Waals surface area (Å²) < 4.78 is 6.18. The van der Waals surface area contributed by atoms with Gasteiger partial charge in [-0.3, -0.25) is 14.5 Å². The molecular weight excluding hydrogens is 429 g/mol. The van der Waals surface area contributed by atoms with Crippen molar-refractivity contribution in [3.05, 3.63) is 51.0 Å². The summed E-state index contributed by atoms with van der Waals surface area (Å²) in [5, 5.41) is 9.71. The van der Waals surface area contributed by atoms with Gasteiger partial charge in [0.1, 0.15) is 15.8 Å². The fraction of sp³-hybridized carbons (Fsp3) is 0.167. The van der Waals surface area contributed by atoms with Gasteiger partial charge in [0.15, 0.2) is 0 Å². The van der Waals surface area contributed by atoms with Crippen LogP contribution in [0.4, 0.5) is 0 Å². The lowest BCUT2D eigenvalue weighted by molar-refractivity contribution is -0.137. The number of furan rings is 1. The molecule has 5 nitrogen and oxygen atoms in total. The summed E-state index contributed by atoms with van der Waals surface area (Å²) in [7, 11) is 0. The first-order valence-electron chi connectivity index (χ1n) is 7.87. The van der Waals surface area contributed by atoms with Crippen molar-refractivity contribution in [2.24, 2.45) is 0 Å². The predicted molar refractivity (Wildman–Crippen MR) is 111 cm³/mol. The highest BCUT2D eigenvalue weighted by molar-refractivity contribution is 8.26. The number of thioether (sulfide) groups is 1. The Bertz CT molecular complexity index is 955. The molecule has 140 valence electrons. The number of thiocarbonyl (C=S) groups is 1. The van der Waals surface area contributed by atoms with Crippen molar-refractivity contribution in [3.63, 3.8) is 0 Å². The molecule has 1 aliphatic heterocycles. The van der Waals surface area contributed by atoms with Crippen molar-refractivity contribution in [2.45, 2.75) is 12.8 Å². The van der Waals surface area contributed by atoms with E-state index in [1.54, 1.807) is 36.4 Å². The highest BCUT2D eigenvalue weighted by atomic mass is 35.5. The van der Waals surface area contributed by atoms with Crippen molar-refractivity contribution in [3.8, 4) is 11.3 Å². The quantitative estimate of drug-likeness (QED) is 0.483. The van der Waals surface area contributed by atoms with E-state index in [1.807, 2.05) is 0 Å². The van der Waals surface area contributed by atoms with Crippen LogP contribution >= 0.6 is 47.2 Å². The number of carbonyl (C=O) groups is 2. The van der Waals surface area contributed by atoms with E-state index in [0.717, 1.165) is 11.8 Å². The van der Waals surface area contributed by atoms with Crippen LogP contribution in [-0.2, 0) is 9.59 Å². The molecule has 1 saturated heterocycles. The van der Waals surface area contributed by atoms with E-state index in [2.05, 4.69) is 0 Å². The molecule has 1 aromatic carbocycles. The Balaban J connectivity index is 1.75. The first-order chi connectivity index (χ1) is 12.8. The van der Waals surface area contributed by atoms with Gasteiger partial charge in [-0.25, -0.2) is 0 Å². The number of amides is 1. The first kappa shape index (κ1) is 19.9. The van der Waals surface area contributed by atoms with Crippen LogP contribution in [0, 0.1) is 0 Å². The minimum absolute atomic E-state index is 0.0144. The molecule has 27 heavy (non-hydrogen) atoms. The number of carbonyl (C=O) groups excluding carboxylic acids is 1. The normalized spacial score (nSPS) is 15.8. The Hall–Kier alpha value is -1.80. The molecule has 1 aromatic heterocycles. The molecule has 0 aliphatic carbocycles. The molecule has 0 atom stereocenters. The van der Waals surface area contributed by atoms with E-state index in [0.29, 0.717) is 42.8 Å². The number of hydrogen-bond donors (Lipinski definition) is 1. The van der Waals surface area contributed by atoms with Crippen molar-refractivity contribution < 1.29 is 19.1 Å². The lowest BCUT2D eigenvalue weighted by Gasteiger charge is -2.13. The average Bonchev–Trinajstić information content (AvgIpc) is 3.15. The number of hydrogen-bond acceptors (Lipinski definition) is 5. The summed E-state index contributed by atoms with van der Waals surface area (Å²) in [6, 6.07) is 8.59. The molecule has 2 aromatic rings. The summed E-state index contributed by atoms with van der Waals surface area (Å²) in [6.07, 6.45) is 1.94. The topological polar surface area (TPSA) is 70.8 Å². The van der Waals surface area contributed by atoms with Gasteiger partial charge in [-0.2, -0.15) is 0 Å². The Morgan fingerprint density at radius 1 is 1.30 bits per heavy atom. The molecule has 1 aliphatic rings. The molecule has 0 spiro atoms. The van der Waals surface area contributed by atoms with Crippen LogP contribution in [0.3, 0.4) is 0 Å². The van der Waals surface area contributed by atoms with Gasteiger partial charge >= 0.3 is 5.97 Å². The zero-order chi connectivity index (χ0) is 19.6. The number of rotatable bonds is 6. The second kappa shape index (κ2) is 8.48. The monoisotopic (exact) mass is 441 g/mol. The highest BCUT2D eigenvalue weighted by Crippen LogP contribution is 2.35. The van der Waals surface area contributed by atoms with Crippen molar-refractivity contribution in [2.75, 3.05) is 6.54 Å². The Kier molecular flexibility index (Phi) is 6.26. The predicted octanol–water partition coefficient (Wildman–Crippen LogP) is 5.32. The van der Waals surface area contributed by atoms with E-state index < -0.39 is 5.97 Å². The number of benzene rings is 1. The van der Waals surface area contributed by atoms with Crippen LogP contribution in [0.25, 0.3) is 17.4 Å². The number of aliphatic carboxylic acids is 1. The third-order valence-electron chi connectivity index (χ3n) is 3.74.